The summed E-state index contributed by atoms with van der Waals surface area (Å²) < 4.78 is 21.4. The lowest BCUT2D eigenvalue weighted by atomic mass is 9.53. The summed E-state index contributed by atoms with van der Waals surface area (Å²) in [7, 11) is 0. The summed E-state index contributed by atoms with van der Waals surface area (Å²) in [5, 5.41) is 8.59. The molecule has 5 aliphatic rings. The number of fused-ring (bicyclic) bond motifs is 7. The van der Waals surface area contributed by atoms with E-state index < -0.39 is 0 Å². The van der Waals surface area contributed by atoms with Crippen LogP contribution in [0.2, 0.25) is 0 Å². The van der Waals surface area contributed by atoms with Crippen LogP contribution in [-0.4, -0.2) is 33.5 Å². The molecule has 0 radical (unpaired) electrons. The van der Waals surface area contributed by atoms with E-state index in [1.54, 1.807) is 10.2 Å². The molecule has 3 heterocycles. The van der Waals surface area contributed by atoms with Crippen LogP contribution in [0.3, 0.4) is 0 Å². The van der Waals surface area contributed by atoms with Crippen molar-refractivity contribution in [3.05, 3.63) is 71.5 Å². The number of hydrogen-bond acceptors (Lipinski definition) is 5. The predicted octanol–water partition coefficient (Wildman–Crippen LogP) is 7.11. The smallest absolute Gasteiger partial charge is 0.171 e. The quantitative estimate of drug-likeness (QED) is 0.345. The van der Waals surface area contributed by atoms with E-state index in [0.29, 0.717) is 41.8 Å². The van der Waals surface area contributed by atoms with E-state index >= 15 is 0 Å². The third-order valence-corrected chi connectivity index (χ3v) is 11.9. The van der Waals surface area contributed by atoms with Crippen molar-refractivity contribution in [1.82, 2.24) is 15.0 Å². The Morgan fingerprint density at radius 2 is 1.93 bits per heavy atom. The normalized spacial score (nSPS) is 39.1. The van der Waals surface area contributed by atoms with E-state index in [4.69, 9.17) is 14.2 Å². The van der Waals surface area contributed by atoms with Crippen molar-refractivity contribution in [2.75, 3.05) is 6.61 Å². The van der Waals surface area contributed by atoms with Gasteiger partial charge in [-0.15, -0.1) is 5.10 Å². The first kappa shape index (κ1) is 26.0. The van der Waals surface area contributed by atoms with Crippen molar-refractivity contribution in [2.24, 2.45) is 35.0 Å². The highest BCUT2D eigenvalue weighted by atomic mass is 16.7. The van der Waals surface area contributed by atoms with Crippen molar-refractivity contribution in [1.29, 1.82) is 0 Å². The van der Waals surface area contributed by atoms with Gasteiger partial charge >= 0.3 is 0 Å². The van der Waals surface area contributed by atoms with Gasteiger partial charge in [-0.2, -0.15) is 0 Å². The number of benzene rings is 2. The molecule has 0 unspecified atom stereocenters. The average molecular weight is 554 g/mol. The van der Waals surface area contributed by atoms with E-state index in [1.165, 1.54) is 37.7 Å². The maximum Gasteiger partial charge on any atom is 0.171 e. The molecule has 4 fully saturated rings. The minimum Gasteiger partial charge on any atom is -0.487 e. The summed E-state index contributed by atoms with van der Waals surface area (Å²) in [5.74, 6) is 4.53. The van der Waals surface area contributed by atoms with Crippen LogP contribution in [0.1, 0.15) is 82.0 Å². The van der Waals surface area contributed by atoms with Crippen molar-refractivity contribution in [3.8, 4) is 11.4 Å². The van der Waals surface area contributed by atoms with Crippen LogP contribution in [0, 0.1) is 35.0 Å². The van der Waals surface area contributed by atoms with Gasteiger partial charge in [0.05, 0.1) is 24.6 Å². The van der Waals surface area contributed by atoms with E-state index in [9.17, 15) is 0 Å². The monoisotopic (exact) mass is 553 g/mol. The number of ether oxygens (including phenoxy) is 3. The number of aromatic nitrogens is 3. The van der Waals surface area contributed by atoms with Gasteiger partial charge in [0.1, 0.15) is 18.1 Å². The van der Waals surface area contributed by atoms with Crippen LogP contribution in [0.5, 0.6) is 5.75 Å². The molecular formula is C35H43N3O3. The largest absolute Gasteiger partial charge is 0.487 e. The molecule has 9 atom stereocenters. The van der Waals surface area contributed by atoms with E-state index in [2.05, 4.69) is 49.3 Å². The van der Waals surface area contributed by atoms with Gasteiger partial charge in [0.25, 0.3) is 0 Å². The summed E-state index contributed by atoms with van der Waals surface area (Å²) >= 11 is 0. The van der Waals surface area contributed by atoms with E-state index in [1.807, 2.05) is 36.5 Å². The van der Waals surface area contributed by atoms with Gasteiger partial charge in [0.15, 0.2) is 5.79 Å². The van der Waals surface area contributed by atoms with Crippen LogP contribution in [-0.2, 0) is 22.5 Å². The zero-order chi connectivity index (χ0) is 27.8. The first-order valence-electron chi connectivity index (χ1n) is 16.0. The summed E-state index contributed by atoms with van der Waals surface area (Å²) in [6.45, 7) is 8.64. The fourth-order valence-electron chi connectivity index (χ4n) is 9.89. The lowest BCUT2D eigenvalue weighted by Gasteiger charge is -2.52. The first-order chi connectivity index (χ1) is 19.9. The molecule has 6 nitrogen and oxygen atoms in total. The molecule has 1 aromatic heterocycles. The summed E-state index contributed by atoms with van der Waals surface area (Å²) in [4.78, 5) is 0. The topological polar surface area (TPSA) is 58.4 Å². The van der Waals surface area contributed by atoms with Crippen LogP contribution >= 0.6 is 0 Å². The highest BCUT2D eigenvalue weighted by Crippen LogP contribution is 2.69. The molecule has 2 saturated carbocycles. The van der Waals surface area contributed by atoms with E-state index in [-0.39, 0.29) is 5.79 Å². The lowest BCUT2D eigenvalue weighted by Crippen LogP contribution is -2.48. The Morgan fingerprint density at radius 1 is 1.05 bits per heavy atom. The summed E-state index contributed by atoms with van der Waals surface area (Å²) in [6.07, 6.45) is 10.8. The van der Waals surface area contributed by atoms with Crippen LogP contribution < -0.4 is 4.74 Å². The highest BCUT2D eigenvalue weighted by Gasteiger charge is 2.67. The third kappa shape index (κ3) is 4.11. The molecule has 1 spiro atoms. The van der Waals surface area contributed by atoms with Gasteiger partial charge in [-0.25, -0.2) is 4.68 Å². The Hall–Kier alpha value is -2.70. The summed E-state index contributed by atoms with van der Waals surface area (Å²) in [6, 6.07) is 16.9. The molecule has 3 aliphatic carbocycles. The van der Waals surface area contributed by atoms with Gasteiger partial charge in [-0.1, -0.05) is 50.3 Å². The molecule has 0 amide bonds. The van der Waals surface area contributed by atoms with Crippen molar-refractivity contribution in [2.45, 2.75) is 90.1 Å². The third-order valence-electron chi connectivity index (χ3n) is 11.9. The number of rotatable bonds is 4. The minimum absolute atomic E-state index is 0.321. The molecule has 41 heavy (non-hydrogen) atoms. The molecular weight excluding hydrogens is 510 g/mol. The first-order valence-corrected chi connectivity index (χ1v) is 16.0. The molecule has 0 bridgehead atoms. The second kappa shape index (κ2) is 9.67. The lowest BCUT2D eigenvalue weighted by molar-refractivity contribution is -0.272. The van der Waals surface area contributed by atoms with Crippen LogP contribution in [0.15, 0.2) is 54.7 Å². The number of hydrogen-bond donors (Lipinski definition) is 0. The zero-order valence-electron chi connectivity index (χ0n) is 24.7. The number of nitrogens with zero attached hydrogens (tertiary/aromatic N) is 3. The zero-order valence-corrected chi connectivity index (χ0v) is 24.7. The van der Waals surface area contributed by atoms with Gasteiger partial charge in [0, 0.05) is 12.3 Å². The molecule has 3 aromatic rings. The summed E-state index contributed by atoms with van der Waals surface area (Å²) in [5.41, 5.74) is 5.24. The Labute approximate surface area is 243 Å². The number of aryl methyl sites for hydroxylation is 1. The minimum atomic E-state index is -0.321. The standard InChI is InChI=1S/C35H43N3O3/c1-22-13-16-35(40-20-22)23(2)33-32(41-35)18-31-30-11-9-24-17-27(10-12-28(24)29(30)14-15-34(31,33)3)39-21-25-19-38(37-36-25)26-7-5-4-6-8-26/h4-8,10,12,17,19,22-23,29-33H,9,11,13-16,18,20-21H2,1-3H3/t22-,23+,29-,30-,31+,32+,33+,34+,35-/m1/s1. The molecule has 0 N–H and O–H groups in total. The molecule has 6 heteroatoms. The molecule has 2 aromatic carbocycles. The van der Waals surface area contributed by atoms with E-state index in [0.717, 1.165) is 48.4 Å². The Kier molecular flexibility index (Phi) is 6.12. The second-order valence-corrected chi connectivity index (χ2v) is 14.1. The highest BCUT2D eigenvalue weighted by molar-refractivity contribution is 5.41. The molecule has 8 rings (SSSR count). The fourth-order valence-corrected chi connectivity index (χ4v) is 9.89. The van der Waals surface area contributed by atoms with Gasteiger partial charge < -0.3 is 14.2 Å². The molecule has 2 saturated heterocycles. The van der Waals surface area contributed by atoms with Gasteiger partial charge in [0.2, 0.25) is 0 Å². The van der Waals surface area contributed by atoms with Gasteiger partial charge in [-0.05, 0) is 109 Å². The Bertz CT molecular complexity index is 1410. The molecule has 2 aliphatic heterocycles. The Morgan fingerprint density at radius 3 is 2.76 bits per heavy atom. The van der Waals surface area contributed by atoms with Crippen LogP contribution in [0.4, 0.5) is 0 Å². The van der Waals surface area contributed by atoms with Gasteiger partial charge in [-0.3, -0.25) is 0 Å². The fraction of sp³-hybridized carbons (Fsp3) is 0.600. The predicted molar refractivity (Wildman–Crippen MR) is 157 cm³/mol. The maximum atomic E-state index is 6.94. The van der Waals surface area contributed by atoms with Crippen molar-refractivity contribution < 1.29 is 14.2 Å². The maximum absolute atomic E-state index is 6.94. The Balaban J connectivity index is 0.959. The SMILES string of the molecule is C[C@@H]1CC[C@@]2(OC1)O[C@H]1C[C@H]3[C@@H]4CCc5cc(OCc6cn(-c7ccccc7)nn6)ccc5[C@H]4CC[C@]3(C)[C@H]1[C@@H]2C. The van der Waals surface area contributed by atoms with Crippen molar-refractivity contribution >= 4 is 0 Å². The average Bonchev–Trinajstić information content (AvgIpc) is 3.66. The van der Waals surface area contributed by atoms with Crippen LogP contribution in [0.25, 0.3) is 5.69 Å². The van der Waals surface area contributed by atoms with Crippen molar-refractivity contribution in [3.63, 3.8) is 0 Å². The number of para-hydroxylation sites is 1. The molecule has 216 valence electrons. The second-order valence-electron chi connectivity index (χ2n) is 14.1.